The van der Waals surface area contributed by atoms with Crippen LogP contribution in [0.3, 0.4) is 0 Å². The molecule has 0 amide bonds. The monoisotopic (exact) mass is 343 g/mol. The number of nitrogens with zero attached hydrogens (tertiary/aromatic N) is 2. The molecule has 3 aromatic rings. The van der Waals surface area contributed by atoms with Crippen LogP contribution in [0.25, 0.3) is 11.5 Å². The summed E-state index contributed by atoms with van der Waals surface area (Å²) in [5.41, 5.74) is 2.79. The fraction of sp³-hybridized carbons (Fsp3) is 0.176. The summed E-state index contributed by atoms with van der Waals surface area (Å²) in [4.78, 5) is 0.209. The smallest absolute Gasteiger partial charge is 0.247 e. The van der Waals surface area contributed by atoms with Crippen LogP contribution >= 0.6 is 0 Å². The van der Waals surface area contributed by atoms with Crippen molar-refractivity contribution in [2.24, 2.45) is 0 Å². The molecule has 1 N–H and O–H groups in total. The quantitative estimate of drug-likeness (QED) is 0.770. The average Bonchev–Trinajstić information content (AvgIpc) is 3.03. The lowest BCUT2D eigenvalue weighted by Gasteiger charge is -2.05. The highest BCUT2D eigenvalue weighted by atomic mass is 32.2. The summed E-state index contributed by atoms with van der Waals surface area (Å²) in [6, 6.07) is 14.3. The number of hydrogen-bond acceptors (Lipinski definition) is 5. The molecule has 124 valence electrons. The van der Waals surface area contributed by atoms with E-state index in [1.54, 1.807) is 18.2 Å². The van der Waals surface area contributed by atoms with Crippen LogP contribution in [0.1, 0.15) is 17.0 Å². The molecule has 7 heteroatoms. The van der Waals surface area contributed by atoms with Crippen molar-refractivity contribution in [3.8, 4) is 11.5 Å². The predicted octanol–water partition coefficient (Wildman–Crippen LogP) is 2.83. The topological polar surface area (TPSA) is 85.1 Å². The Kier molecular flexibility index (Phi) is 4.46. The zero-order valence-corrected chi connectivity index (χ0v) is 14.2. The van der Waals surface area contributed by atoms with Gasteiger partial charge in [-0.25, -0.2) is 13.1 Å². The van der Waals surface area contributed by atoms with Gasteiger partial charge in [-0.2, -0.15) is 0 Å². The summed E-state index contributed by atoms with van der Waals surface area (Å²) < 4.78 is 32.5. The van der Waals surface area contributed by atoms with Gasteiger partial charge in [-0.05, 0) is 43.7 Å². The van der Waals surface area contributed by atoms with Crippen LogP contribution in [0.2, 0.25) is 0 Å². The van der Waals surface area contributed by atoms with Crippen molar-refractivity contribution in [1.82, 2.24) is 14.9 Å². The van der Waals surface area contributed by atoms with Crippen molar-refractivity contribution in [1.29, 1.82) is 0 Å². The molecular weight excluding hydrogens is 326 g/mol. The van der Waals surface area contributed by atoms with Crippen molar-refractivity contribution in [2.75, 3.05) is 0 Å². The van der Waals surface area contributed by atoms with Crippen molar-refractivity contribution in [3.05, 3.63) is 65.5 Å². The first-order chi connectivity index (χ1) is 11.4. The van der Waals surface area contributed by atoms with Crippen molar-refractivity contribution >= 4 is 10.0 Å². The Morgan fingerprint density at radius 2 is 1.75 bits per heavy atom. The first kappa shape index (κ1) is 16.4. The molecule has 0 fully saturated rings. The van der Waals surface area contributed by atoms with E-state index in [1.807, 2.05) is 44.2 Å². The van der Waals surface area contributed by atoms with Crippen molar-refractivity contribution in [2.45, 2.75) is 25.3 Å². The maximum atomic E-state index is 12.3. The van der Waals surface area contributed by atoms with Gasteiger partial charge in [0.05, 0.1) is 11.4 Å². The Morgan fingerprint density at radius 3 is 2.46 bits per heavy atom. The van der Waals surface area contributed by atoms with E-state index < -0.39 is 10.0 Å². The van der Waals surface area contributed by atoms with E-state index in [0.29, 0.717) is 5.89 Å². The van der Waals surface area contributed by atoms with Crippen LogP contribution in [0.5, 0.6) is 0 Å². The molecule has 0 aliphatic heterocycles. The van der Waals surface area contributed by atoms with E-state index in [1.165, 1.54) is 0 Å². The lowest BCUT2D eigenvalue weighted by molar-refractivity contribution is 0.494. The minimum Gasteiger partial charge on any atom is -0.419 e. The minimum absolute atomic E-state index is 0.0604. The number of rotatable bonds is 5. The van der Waals surface area contributed by atoms with Gasteiger partial charge in [0.1, 0.15) is 0 Å². The number of sulfonamides is 1. The molecular formula is C17H17N3O3S. The van der Waals surface area contributed by atoms with Crippen LogP contribution in [-0.4, -0.2) is 18.6 Å². The average molecular weight is 343 g/mol. The Bertz CT molecular complexity index is 947. The van der Waals surface area contributed by atoms with Gasteiger partial charge in [-0.1, -0.05) is 29.8 Å². The maximum Gasteiger partial charge on any atom is 0.247 e. The number of hydrogen-bond donors (Lipinski definition) is 1. The third kappa shape index (κ3) is 3.69. The van der Waals surface area contributed by atoms with E-state index in [2.05, 4.69) is 14.9 Å². The lowest BCUT2D eigenvalue weighted by Crippen LogP contribution is -2.23. The lowest BCUT2D eigenvalue weighted by atomic mass is 10.1. The summed E-state index contributed by atoms with van der Waals surface area (Å²) in [5, 5.41) is 7.84. The van der Waals surface area contributed by atoms with E-state index in [4.69, 9.17) is 4.42 Å². The summed E-state index contributed by atoms with van der Waals surface area (Å²) in [7, 11) is -3.62. The Balaban J connectivity index is 1.72. The molecule has 0 unspecified atom stereocenters. The highest BCUT2D eigenvalue weighted by molar-refractivity contribution is 7.89. The van der Waals surface area contributed by atoms with Gasteiger partial charge < -0.3 is 4.42 Å². The molecule has 1 aromatic heterocycles. The molecule has 1 heterocycles. The molecule has 6 nitrogen and oxygen atoms in total. The van der Waals surface area contributed by atoms with Gasteiger partial charge >= 0.3 is 0 Å². The van der Waals surface area contributed by atoms with Crippen LogP contribution in [-0.2, 0) is 16.6 Å². The molecule has 0 spiro atoms. The molecule has 3 rings (SSSR count). The van der Waals surface area contributed by atoms with E-state index in [0.717, 1.165) is 16.7 Å². The second-order valence-corrected chi connectivity index (χ2v) is 7.27. The number of aryl methyl sites for hydroxylation is 2. The molecule has 0 radical (unpaired) electrons. The largest absolute Gasteiger partial charge is 0.419 e. The third-order valence-electron chi connectivity index (χ3n) is 3.48. The molecule has 0 saturated heterocycles. The van der Waals surface area contributed by atoms with Gasteiger partial charge in [-0.3, -0.25) is 0 Å². The van der Waals surface area contributed by atoms with E-state index in [9.17, 15) is 8.42 Å². The van der Waals surface area contributed by atoms with Gasteiger partial charge in [0.15, 0.2) is 0 Å². The van der Waals surface area contributed by atoms with Gasteiger partial charge in [-0.15, -0.1) is 10.2 Å². The number of nitrogens with one attached hydrogen (secondary N) is 1. The third-order valence-corrected chi connectivity index (χ3v) is 4.88. The summed E-state index contributed by atoms with van der Waals surface area (Å²) in [6.07, 6.45) is 0. The van der Waals surface area contributed by atoms with Gasteiger partial charge in [0.25, 0.3) is 0 Å². The highest BCUT2D eigenvalue weighted by Crippen LogP contribution is 2.18. The van der Waals surface area contributed by atoms with Crippen molar-refractivity contribution in [3.63, 3.8) is 0 Å². The summed E-state index contributed by atoms with van der Waals surface area (Å²) in [6.45, 7) is 3.77. The second kappa shape index (κ2) is 6.54. The molecule has 24 heavy (non-hydrogen) atoms. The summed E-state index contributed by atoms with van der Waals surface area (Å²) in [5.74, 6) is 0.571. The number of aromatic nitrogens is 2. The van der Waals surface area contributed by atoms with Gasteiger partial charge in [0, 0.05) is 5.56 Å². The first-order valence-corrected chi connectivity index (χ1v) is 8.88. The Labute approximate surface area is 140 Å². The molecule has 0 saturated carbocycles. The molecule has 0 aliphatic carbocycles. The van der Waals surface area contributed by atoms with Crippen LogP contribution in [0.15, 0.2) is 57.8 Å². The standard InChI is InChI=1S/C17H17N3O3S/c1-12-6-8-14(9-7-12)17-20-19-16(23-17)11-18-24(21,22)15-5-3-4-13(2)10-15/h3-10,18H,11H2,1-2H3. The summed E-state index contributed by atoms with van der Waals surface area (Å²) >= 11 is 0. The van der Waals surface area contributed by atoms with Crippen LogP contribution < -0.4 is 4.72 Å². The molecule has 2 aromatic carbocycles. The fourth-order valence-electron chi connectivity index (χ4n) is 2.16. The minimum atomic E-state index is -3.62. The maximum absolute atomic E-state index is 12.3. The fourth-order valence-corrected chi connectivity index (χ4v) is 3.24. The van der Waals surface area contributed by atoms with E-state index >= 15 is 0 Å². The van der Waals surface area contributed by atoms with Gasteiger partial charge in [0.2, 0.25) is 21.8 Å². The molecule has 0 aliphatic rings. The molecule has 0 atom stereocenters. The normalized spacial score (nSPS) is 11.6. The number of benzene rings is 2. The van der Waals surface area contributed by atoms with Crippen LogP contribution in [0, 0.1) is 13.8 Å². The molecule has 0 bridgehead atoms. The Morgan fingerprint density at radius 1 is 1.00 bits per heavy atom. The van der Waals surface area contributed by atoms with Crippen molar-refractivity contribution < 1.29 is 12.8 Å². The van der Waals surface area contributed by atoms with Crippen LogP contribution in [0.4, 0.5) is 0 Å². The zero-order chi connectivity index (χ0) is 17.2. The van der Waals surface area contributed by atoms with E-state index in [-0.39, 0.29) is 17.3 Å². The highest BCUT2D eigenvalue weighted by Gasteiger charge is 2.16. The first-order valence-electron chi connectivity index (χ1n) is 7.40. The SMILES string of the molecule is Cc1ccc(-c2nnc(CNS(=O)(=O)c3cccc(C)c3)o2)cc1. The second-order valence-electron chi connectivity index (χ2n) is 5.51. The predicted molar refractivity (Wildman–Crippen MR) is 89.7 cm³/mol. The Hall–Kier alpha value is -2.51. The zero-order valence-electron chi connectivity index (χ0n) is 13.4.